The number of nitrogens with zero attached hydrogens (tertiary/aromatic N) is 1. The minimum absolute atomic E-state index is 0.0265. The molecule has 0 radical (unpaired) electrons. The molecule has 0 heterocycles. The highest BCUT2D eigenvalue weighted by Gasteiger charge is 2.29. The van der Waals surface area contributed by atoms with Crippen LogP contribution in [0.25, 0.3) is 0 Å². The van der Waals surface area contributed by atoms with Gasteiger partial charge in [-0.1, -0.05) is 30.5 Å². The third kappa shape index (κ3) is 7.53. The largest absolute Gasteiger partial charge is 0.355 e. The van der Waals surface area contributed by atoms with Crippen LogP contribution in [0.1, 0.15) is 44.6 Å². The summed E-state index contributed by atoms with van der Waals surface area (Å²) in [7, 11) is 4.13. The third-order valence-electron chi connectivity index (χ3n) is 4.78. The summed E-state index contributed by atoms with van der Waals surface area (Å²) in [5.74, 6) is 0.193. The van der Waals surface area contributed by atoms with Gasteiger partial charge in [-0.25, -0.2) is 0 Å². The van der Waals surface area contributed by atoms with Crippen LogP contribution in [0.15, 0.2) is 29.2 Å². The van der Waals surface area contributed by atoms with E-state index < -0.39 is 0 Å². The molecule has 26 heavy (non-hydrogen) atoms. The number of amides is 1. The standard InChI is InChI=1S/C21H34N2OS2/c1-16-10-12-18(13-11-16)26-20-9-6-5-8-19(20)25-17(2)21(24)22-14-7-15-23(3)4/h10-13,17,19-20H,5-9,14-15H2,1-4H3,(H,22,24). The van der Waals surface area contributed by atoms with Gasteiger partial charge in [0.2, 0.25) is 5.91 Å². The van der Waals surface area contributed by atoms with E-state index >= 15 is 0 Å². The minimum Gasteiger partial charge on any atom is -0.355 e. The number of rotatable bonds is 9. The average Bonchev–Trinajstić information content (AvgIpc) is 2.62. The molecule has 146 valence electrons. The maximum Gasteiger partial charge on any atom is 0.232 e. The number of hydrogen-bond donors (Lipinski definition) is 1. The zero-order valence-corrected chi connectivity index (χ0v) is 18.3. The summed E-state index contributed by atoms with van der Waals surface area (Å²) in [5.41, 5.74) is 1.31. The van der Waals surface area contributed by atoms with E-state index in [4.69, 9.17) is 0 Å². The number of benzene rings is 1. The van der Waals surface area contributed by atoms with E-state index in [1.165, 1.54) is 36.1 Å². The van der Waals surface area contributed by atoms with Gasteiger partial charge in [-0.3, -0.25) is 4.79 Å². The highest BCUT2D eigenvalue weighted by Crippen LogP contribution is 2.40. The van der Waals surface area contributed by atoms with Crippen LogP contribution in [0.4, 0.5) is 0 Å². The van der Waals surface area contributed by atoms with Crippen LogP contribution in [-0.2, 0) is 4.79 Å². The maximum atomic E-state index is 12.4. The summed E-state index contributed by atoms with van der Waals surface area (Å²) in [6.07, 6.45) is 6.09. The molecular formula is C21H34N2OS2. The van der Waals surface area contributed by atoms with E-state index in [1.807, 2.05) is 23.5 Å². The van der Waals surface area contributed by atoms with Gasteiger partial charge in [0.25, 0.3) is 0 Å². The molecular weight excluding hydrogens is 360 g/mol. The van der Waals surface area contributed by atoms with Gasteiger partial charge in [-0.05, 0) is 65.9 Å². The molecule has 1 aliphatic carbocycles. The molecule has 0 aliphatic heterocycles. The normalized spacial score (nSPS) is 21.6. The fraction of sp³-hybridized carbons (Fsp3) is 0.667. The molecule has 0 saturated heterocycles. The number of carbonyl (C=O) groups is 1. The van der Waals surface area contributed by atoms with Crippen molar-refractivity contribution in [3.8, 4) is 0 Å². The van der Waals surface area contributed by atoms with Gasteiger partial charge in [0.1, 0.15) is 0 Å². The van der Waals surface area contributed by atoms with E-state index in [2.05, 4.69) is 62.4 Å². The summed E-state index contributed by atoms with van der Waals surface area (Å²) in [5, 5.41) is 4.31. The molecule has 1 aromatic rings. The number of carbonyl (C=O) groups excluding carboxylic acids is 1. The number of aryl methyl sites for hydroxylation is 1. The number of thioether (sulfide) groups is 2. The van der Waals surface area contributed by atoms with Gasteiger partial charge >= 0.3 is 0 Å². The zero-order chi connectivity index (χ0) is 18.9. The second-order valence-corrected chi connectivity index (χ2v) is 10.4. The highest BCUT2D eigenvalue weighted by atomic mass is 32.2. The fourth-order valence-corrected chi connectivity index (χ4v) is 6.14. The zero-order valence-electron chi connectivity index (χ0n) is 16.7. The molecule has 2 rings (SSSR count). The molecule has 1 N–H and O–H groups in total. The SMILES string of the molecule is Cc1ccc(SC2CCCCC2SC(C)C(=O)NCCCN(C)C)cc1. The quantitative estimate of drug-likeness (QED) is 0.621. The Bertz CT molecular complexity index is 547. The molecule has 1 saturated carbocycles. The molecule has 1 aliphatic rings. The van der Waals surface area contributed by atoms with Gasteiger partial charge in [-0.15, -0.1) is 23.5 Å². The van der Waals surface area contributed by atoms with Crippen molar-refractivity contribution < 1.29 is 4.79 Å². The Kier molecular flexibility index (Phi) is 9.37. The summed E-state index contributed by atoms with van der Waals surface area (Å²) >= 11 is 3.88. The van der Waals surface area contributed by atoms with E-state index in [0.29, 0.717) is 10.5 Å². The average molecular weight is 395 g/mol. The van der Waals surface area contributed by atoms with E-state index in [0.717, 1.165) is 19.5 Å². The van der Waals surface area contributed by atoms with Crippen LogP contribution in [0, 0.1) is 6.92 Å². The first-order valence-corrected chi connectivity index (χ1v) is 11.6. The molecule has 0 aromatic heterocycles. The number of hydrogen-bond acceptors (Lipinski definition) is 4. The number of nitrogens with one attached hydrogen (secondary N) is 1. The van der Waals surface area contributed by atoms with Crippen LogP contribution >= 0.6 is 23.5 Å². The molecule has 0 bridgehead atoms. The van der Waals surface area contributed by atoms with Gasteiger partial charge in [0.15, 0.2) is 0 Å². The predicted octanol–water partition coefficient (Wildman–Crippen LogP) is 4.59. The van der Waals surface area contributed by atoms with Crippen molar-refractivity contribution in [2.45, 2.75) is 66.6 Å². The molecule has 1 aromatic carbocycles. The molecule has 0 spiro atoms. The topological polar surface area (TPSA) is 32.3 Å². The van der Waals surface area contributed by atoms with Crippen molar-refractivity contribution in [1.82, 2.24) is 10.2 Å². The van der Waals surface area contributed by atoms with Crippen molar-refractivity contribution in [3.63, 3.8) is 0 Å². The summed E-state index contributed by atoms with van der Waals surface area (Å²) in [6.45, 7) is 5.98. The Balaban J connectivity index is 1.82. The lowest BCUT2D eigenvalue weighted by molar-refractivity contribution is -0.120. The Morgan fingerprint density at radius 1 is 1.19 bits per heavy atom. The Morgan fingerprint density at radius 3 is 2.50 bits per heavy atom. The molecule has 3 atom stereocenters. The van der Waals surface area contributed by atoms with E-state index in [9.17, 15) is 4.79 Å². The second kappa shape index (κ2) is 11.3. The molecule has 3 nitrogen and oxygen atoms in total. The maximum absolute atomic E-state index is 12.4. The minimum atomic E-state index is 0.0265. The first-order valence-electron chi connectivity index (χ1n) is 9.77. The molecule has 1 fully saturated rings. The van der Waals surface area contributed by atoms with Crippen molar-refractivity contribution in [2.75, 3.05) is 27.2 Å². The van der Waals surface area contributed by atoms with Crippen LogP contribution in [0.3, 0.4) is 0 Å². The third-order valence-corrected chi connectivity index (χ3v) is 7.90. The second-order valence-electron chi connectivity index (χ2n) is 7.52. The summed E-state index contributed by atoms with van der Waals surface area (Å²) in [4.78, 5) is 15.9. The predicted molar refractivity (Wildman–Crippen MR) is 116 cm³/mol. The lowest BCUT2D eigenvalue weighted by Gasteiger charge is -2.32. The molecule has 5 heteroatoms. The summed E-state index contributed by atoms with van der Waals surface area (Å²) < 4.78 is 0. The molecule has 3 unspecified atom stereocenters. The van der Waals surface area contributed by atoms with Crippen molar-refractivity contribution in [2.24, 2.45) is 0 Å². The summed E-state index contributed by atoms with van der Waals surface area (Å²) in [6, 6.07) is 8.85. The van der Waals surface area contributed by atoms with Crippen molar-refractivity contribution in [1.29, 1.82) is 0 Å². The highest BCUT2D eigenvalue weighted by molar-refractivity contribution is 8.04. The van der Waals surface area contributed by atoms with Crippen LogP contribution in [-0.4, -0.2) is 53.7 Å². The lowest BCUT2D eigenvalue weighted by atomic mass is 10.00. The Morgan fingerprint density at radius 2 is 1.85 bits per heavy atom. The molecule has 1 amide bonds. The van der Waals surface area contributed by atoms with Crippen LogP contribution in [0.2, 0.25) is 0 Å². The van der Waals surface area contributed by atoms with Gasteiger partial charge in [-0.2, -0.15) is 0 Å². The Hall–Kier alpha value is -0.650. The van der Waals surface area contributed by atoms with Gasteiger partial charge in [0.05, 0.1) is 5.25 Å². The van der Waals surface area contributed by atoms with Crippen LogP contribution < -0.4 is 5.32 Å². The Labute approximate surface area is 168 Å². The lowest BCUT2D eigenvalue weighted by Crippen LogP contribution is -2.35. The first kappa shape index (κ1) is 21.6. The van der Waals surface area contributed by atoms with Crippen LogP contribution in [0.5, 0.6) is 0 Å². The first-order chi connectivity index (χ1) is 12.5. The van der Waals surface area contributed by atoms with Gasteiger partial charge in [0, 0.05) is 21.9 Å². The van der Waals surface area contributed by atoms with E-state index in [-0.39, 0.29) is 11.2 Å². The monoisotopic (exact) mass is 394 g/mol. The van der Waals surface area contributed by atoms with Crippen molar-refractivity contribution >= 4 is 29.4 Å². The fourth-order valence-electron chi connectivity index (χ4n) is 3.22. The van der Waals surface area contributed by atoms with Crippen molar-refractivity contribution in [3.05, 3.63) is 29.8 Å². The smallest absolute Gasteiger partial charge is 0.232 e. The van der Waals surface area contributed by atoms with Gasteiger partial charge < -0.3 is 10.2 Å². The van der Waals surface area contributed by atoms with E-state index in [1.54, 1.807) is 0 Å².